The molecular formula is C20H23NO2. The van der Waals surface area contributed by atoms with Gasteiger partial charge in [0.1, 0.15) is 5.75 Å². The van der Waals surface area contributed by atoms with Crippen LogP contribution in [0.15, 0.2) is 54.6 Å². The Balaban J connectivity index is 1.44. The van der Waals surface area contributed by atoms with Crippen molar-refractivity contribution in [1.82, 2.24) is 0 Å². The third-order valence-corrected chi connectivity index (χ3v) is 4.30. The van der Waals surface area contributed by atoms with Crippen molar-refractivity contribution in [1.29, 1.82) is 0 Å². The number of benzene rings is 2. The number of hydrogen-bond donors (Lipinski definition) is 1. The van der Waals surface area contributed by atoms with Crippen LogP contribution in [-0.4, -0.2) is 12.5 Å². The summed E-state index contributed by atoms with van der Waals surface area (Å²) in [6, 6.07) is 18.1. The Bertz CT molecular complexity index is 635. The molecule has 2 aromatic carbocycles. The summed E-state index contributed by atoms with van der Waals surface area (Å²) >= 11 is 0. The van der Waals surface area contributed by atoms with Crippen LogP contribution in [0.3, 0.4) is 0 Å². The molecule has 1 saturated carbocycles. The van der Waals surface area contributed by atoms with Gasteiger partial charge in [0.05, 0.1) is 6.61 Å². The molecule has 0 radical (unpaired) electrons. The van der Waals surface area contributed by atoms with Gasteiger partial charge in [-0.2, -0.15) is 0 Å². The van der Waals surface area contributed by atoms with E-state index in [4.69, 9.17) is 4.74 Å². The van der Waals surface area contributed by atoms with Gasteiger partial charge in [-0.1, -0.05) is 42.8 Å². The van der Waals surface area contributed by atoms with E-state index in [9.17, 15) is 4.79 Å². The van der Waals surface area contributed by atoms with E-state index in [-0.39, 0.29) is 11.8 Å². The van der Waals surface area contributed by atoms with Crippen LogP contribution in [0.2, 0.25) is 0 Å². The predicted molar refractivity (Wildman–Crippen MR) is 92.7 cm³/mol. The highest BCUT2D eigenvalue weighted by Gasteiger charge is 2.25. The van der Waals surface area contributed by atoms with E-state index >= 15 is 0 Å². The molecule has 0 atom stereocenters. The van der Waals surface area contributed by atoms with E-state index in [1.54, 1.807) is 0 Å². The van der Waals surface area contributed by atoms with Crippen molar-refractivity contribution in [3.05, 3.63) is 60.2 Å². The normalized spacial score (nSPS) is 14.1. The summed E-state index contributed by atoms with van der Waals surface area (Å²) < 4.78 is 5.80. The van der Waals surface area contributed by atoms with Gasteiger partial charge in [-0.05, 0) is 43.4 Å². The lowest BCUT2D eigenvalue weighted by atomic mass is 9.85. The van der Waals surface area contributed by atoms with Gasteiger partial charge in [0.25, 0.3) is 0 Å². The first-order valence-electron chi connectivity index (χ1n) is 8.39. The molecule has 1 N–H and O–H groups in total. The quantitative estimate of drug-likeness (QED) is 0.768. The van der Waals surface area contributed by atoms with E-state index in [1.807, 2.05) is 30.3 Å². The minimum atomic E-state index is 0.137. The zero-order valence-electron chi connectivity index (χ0n) is 13.3. The van der Waals surface area contributed by atoms with E-state index in [0.717, 1.165) is 37.1 Å². The number of hydrogen-bond acceptors (Lipinski definition) is 2. The molecule has 2 aromatic rings. The molecule has 0 unspecified atom stereocenters. The van der Waals surface area contributed by atoms with Crippen LogP contribution >= 0.6 is 0 Å². The first-order chi connectivity index (χ1) is 11.3. The van der Waals surface area contributed by atoms with Crippen LogP contribution in [0.5, 0.6) is 5.75 Å². The molecule has 0 saturated heterocycles. The number of carbonyl (C=O) groups excluding carboxylic acids is 1. The largest absolute Gasteiger partial charge is 0.494 e. The van der Waals surface area contributed by atoms with Crippen molar-refractivity contribution in [3.63, 3.8) is 0 Å². The molecule has 1 aliphatic rings. The zero-order chi connectivity index (χ0) is 15.9. The van der Waals surface area contributed by atoms with Crippen LogP contribution in [-0.2, 0) is 11.2 Å². The number of carbonyl (C=O) groups is 1. The summed E-state index contributed by atoms with van der Waals surface area (Å²) in [5.74, 6) is 1.15. The molecule has 0 bridgehead atoms. The van der Waals surface area contributed by atoms with E-state index in [2.05, 4.69) is 29.6 Å². The van der Waals surface area contributed by atoms with E-state index in [1.165, 1.54) is 12.0 Å². The molecule has 3 rings (SSSR count). The Kier molecular flexibility index (Phi) is 5.30. The monoisotopic (exact) mass is 309 g/mol. The lowest BCUT2D eigenvalue weighted by Crippen LogP contribution is -2.27. The Hall–Kier alpha value is -2.29. The summed E-state index contributed by atoms with van der Waals surface area (Å²) in [6.07, 6.45) is 5.19. The molecule has 1 fully saturated rings. The lowest BCUT2D eigenvalue weighted by Gasteiger charge is -2.24. The SMILES string of the molecule is O=C(Nc1cccc(OCCCc2ccccc2)c1)C1CCC1. The van der Waals surface area contributed by atoms with Gasteiger partial charge in [-0.3, -0.25) is 4.79 Å². The number of nitrogens with one attached hydrogen (secondary N) is 1. The van der Waals surface area contributed by atoms with Gasteiger partial charge in [0.2, 0.25) is 5.91 Å². The minimum Gasteiger partial charge on any atom is -0.494 e. The molecule has 3 heteroatoms. The maximum Gasteiger partial charge on any atom is 0.227 e. The third kappa shape index (κ3) is 4.59. The Labute approximate surface area is 137 Å². The second kappa shape index (κ2) is 7.82. The van der Waals surface area contributed by atoms with Gasteiger partial charge in [0, 0.05) is 17.7 Å². The molecular weight excluding hydrogens is 286 g/mol. The van der Waals surface area contributed by atoms with Gasteiger partial charge < -0.3 is 10.1 Å². The fourth-order valence-electron chi connectivity index (χ4n) is 2.69. The van der Waals surface area contributed by atoms with Gasteiger partial charge in [-0.15, -0.1) is 0 Å². The van der Waals surface area contributed by atoms with E-state index in [0.29, 0.717) is 6.61 Å². The molecule has 1 aliphatic carbocycles. The predicted octanol–water partition coefficient (Wildman–Crippen LogP) is 4.44. The fraction of sp³-hybridized carbons (Fsp3) is 0.350. The molecule has 1 amide bonds. The van der Waals surface area contributed by atoms with Crippen molar-refractivity contribution in [3.8, 4) is 5.75 Å². The molecule has 0 aromatic heterocycles. The summed E-state index contributed by atoms with van der Waals surface area (Å²) in [4.78, 5) is 12.0. The highest BCUT2D eigenvalue weighted by molar-refractivity contribution is 5.93. The number of anilines is 1. The van der Waals surface area contributed by atoms with Crippen molar-refractivity contribution in [2.45, 2.75) is 32.1 Å². The summed E-state index contributed by atoms with van der Waals surface area (Å²) in [6.45, 7) is 0.676. The maximum atomic E-state index is 12.0. The van der Waals surface area contributed by atoms with Crippen LogP contribution < -0.4 is 10.1 Å². The van der Waals surface area contributed by atoms with Crippen molar-refractivity contribution in [2.24, 2.45) is 5.92 Å². The average Bonchev–Trinajstić information content (AvgIpc) is 2.51. The van der Waals surface area contributed by atoms with Gasteiger partial charge in [-0.25, -0.2) is 0 Å². The Morgan fingerprint density at radius 1 is 1.09 bits per heavy atom. The standard InChI is InChI=1S/C20H23NO2/c22-20(17-10-4-11-17)21-18-12-5-13-19(15-18)23-14-6-9-16-7-2-1-3-8-16/h1-3,5,7-8,12-13,15,17H,4,6,9-11,14H2,(H,21,22). The second-order valence-electron chi connectivity index (χ2n) is 6.08. The second-order valence-corrected chi connectivity index (χ2v) is 6.08. The van der Waals surface area contributed by atoms with Crippen LogP contribution in [0.4, 0.5) is 5.69 Å². The molecule has 120 valence electrons. The van der Waals surface area contributed by atoms with Crippen LogP contribution in [0.25, 0.3) is 0 Å². The first kappa shape index (κ1) is 15.6. The third-order valence-electron chi connectivity index (χ3n) is 4.30. The van der Waals surface area contributed by atoms with E-state index < -0.39 is 0 Å². The summed E-state index contributed by atoms with van der Waals surface area (Å²) in [7, 11) is 0. The highest BCUT2D eigenvalue weighted by atomic mass is 16.5. The fourth-order valence-corrected chi connectivity index (χ4v) is 2.69. The van der Waals surface area contributed by atoms with Crippen LogP contribution in [0, 0.1) is 5.92 Å². The molecule has 0 spiro atoms. The first-order valence-corrected chi connectivity index (χ1v) is 8.39. The van der Waals surface area contributed by atoms with Crippen molar-refractivity contribution >= 4 is 11.6 Å². The van der Waals surface area contributed by atoms with Crippen molar-refractivity contribution < 1.29 is 9.53 Å². The smallest absolute Gasteiger partial charge is 0.227 e. The number of ether oxygens (including phenoxy) is 1. The molecule has 23 heavy (non-hydrogen) atoms. The molecule has 0 heterocycles. The zero-order valence-corrected chi connectivity index (χ0v) is 13.3. The number of rotatable bonds is 7. The Morgan fingerprint density at radius 2 is 1.91 bits per heavy atom. The lowest BCUT2D eigenvalue weighted by molar-refractivity contribution is -0.122. The maximum absolute atomic E-state index is 12.0. The minimum absolute atomic E-state index is 0.137. The summed E-state index contributed by atoms with van der Waals surface area (Å²) in [5.41, 5.74) is 2.15. The number of aryl methyl sites for hydroxylation is 1. The highest BCUT2D eigenvalue weighted by Crippen LogP contribution is 2.28. The molecule has 0 aliphatic heterocycles. The van der Waals surface area contributed by atoms with Gasteiger partial charge >= 0.3 is 0 Å². The van der Waals surface area contributed by atoms with Crippen molar-refractivity contribution in [2.75, 3.05) is 11.9 Å². The van der Waals surface area contributed by atoms with Gasteiger partial charge in [0.15, 0.2) is 0 Å². The number of amides is 1. The average molecular weight is 309 g/mol. The topological polar surface area (TPSA) is 38.3 Å². The van der Waals surface area contributed by atoms with Crippen LogP contribution in [0.1, 0.15) is 31.2 Å². The summed E-state index contributed by atoms with van der Waals surface area (Å²) in [5, 5.41) is 2.98. The Morgan fingerprint density at radius 3 is 2.65 bits per heavy atom. The molecule has 3 nitrogen and oxygen atoms in total.